The maximum atomic E-state index is 12.8. The van der Waals surface area contributed by atoms with Crippen molar-refractivity contribution in [3.63, 3.8) is 0 Å². The number of carbonyl (C=O) groups excluding carboxylic acids is 1. The lowest BCUT2D eigenvalue weighted by Crippen LogP contribution is -2.39. The summed E-state index contributed by atoms with van der Waals surface area (Å²) in [6.45, 7) is 2.47. The van der Waals surface area contributed by atoms with Crippen molar-refractivity contribution in [2.75, 3.05) is 13.2 Å². The van der Waals surface area contributed by atoms with Crippen LogP contribution in [0.15, 0.2) is 48.5 Å². The summed E-state index contributed by atoms with van der Waals surface area (Å²) >= 11 is 5.90. The lowest BCUT2D eigenvalue weighted by molar-refractivity contribution is -0.128. The molecule has 128 valence electrons. The number of carbonyl (C=O) groups is 1. The molecule has 0 aliphatic rings. The van der Waals surface area contributed by atoms with E-state index in [9.17, 15) is 9.18 Å². The molecule has 24 heavy (non-hydrogen) atoms. The summed E-state index contributed by atoms with van der Waals surface area (Å²) in [5.74, 6) is 0.555. The molecule has 0 saturated heterocycles. The highest BCUT2D eigenvalue weighted by atomic mass is 35.5. The SMILES string of the molecule is CCC(Oc1cccc(Cl)c1)C(=O)NCCOc1ccc(F)cc1. The molecule has 1 unspecified atom stereocenters. The molecule has 0 spiro atoms. The van der Waals surface area contributed by atoms with Crippen molar-refractivity contribution in [3.05, 3.63) is 59.4 Å². The molecule has 0 aromatic heterocycles. The van der Waals surface area contributed by atoms with E-state index >= 15 is 0 Å². The minimum Gasteiger partial charge on any atom is -0.492 e. The molecule has 0 aliphatic heterocycles. The van der Waals surface area contributed by atoms with Gasteiger partial charge in [0, 0.05) is 5.02 Å². The van der Waals surface area contributed by atoms with E-state index in [0.29, 0.717) is 29.5 Å². The maximum Gasteiger partial charge on any atom is 0.261 e. The molecule has 0 aliphatic carbocycles. The molecule has 2 aromatic carbocycles. The number of benzene rings is 2. The van der Waals surface area contributed by atoms with E-state index in [-0.39, 0.29) is 18.3 Å². The zero-order valence-corrected chi connectivity index (χ0v) is 14.1. The molecule has 4 nitrogen and oxygen atoms in total. The molecule has 2 rings (SSSR count). The number of halogens is 2. The van der Waals surface area contributed by atoms with E-state index in [4.69, 9.17) is 21.1 Å². The van der Waals surface area contributed by atoms with Crippen LogP contribution in [0.25, 0.3) is 0 Å². The van der Waals surface area contributed by atoms with Gasteiger partial charge in [-0.3, -0.25) is 4.79 Å². The van der Waals surface area contributed by atoms with Gasteiger partial charge in [-0.25, -0.2) is 4.39 Å². The average molecular weight is 352 g/mol. The number of hydrogen-bond donors (Lipinski definition) is 1. The van der Waals surface area contributed by atoms with Crippen LogP contribution in [-0.4, -0.2) is 25.2 Å². The molecule has 0 fully saturated rings. The molecule has 6 heteroatoms. The molecule has 0 radical (unpaired) electrons. The Balaban J connectivity index is 1.76. The first-order valence-corrected chi connectivity index (χ1v) is 8.04. The van der Waals surface area contributed by atoms with Crippen molar-refractivity contribution in [2.45, 2.75) is 19.4 Å². The third-order valence-corrected chi connectivity index (χ3v) is 3.46. The first-order chi connectivity index (χ1) is 11.6. The normalized spacial score (nSPS) is 11.6. The summed E-state index contributed by atoms with van der Waals surface area (Å²) in [6, 6.07) is 12.6. The van der Waals surface area contributed by atoms with Gasteiger partial charge in [0.15, 0.2) is 6.10 Å². The molecular weight excluding hydrogens is 333 g/mol. The highest BCUT2D eigenvalue weighted by Gasteiger charge is 2.17. The van der Waals surface area contributed by atoms with Gasteiger partial charge in [-0.05, 0) is 48.9 Å². The molecule has 0 heterocycles. The number of nitrogens with one attached hydrogen (secondary N) is 1. The van der Waals surface area contributed by atoms with Crippen molar-refractivity contribution in [1.29, 1.82) is 0 Å². The van der Waals surface area contributed by atoms with Crippen molar-refractivity contribution in [2.24, 2.45) is 0 Å². The van der Waals surface area contributed by atoms with Crippen LogP contribution in [-0.2, 0) is 4.79 Å². The van der Waals surface area contributed by atoms with Crippen molar-refractivity contribution in [3.8, 4) is 11.5 Å². The molecule has 1 N–H and O–H groups in total. The minimum absolute atomic E-state index is 0.222. The van der Waals surface area contributed by atoms with Gasteiger partial charge in [-0.2, -0.15) is 0 Å². The summed E-state index contributed by atoms with van der Waals surface area (Å²) in [4.78, 5) is 12.1. The Bertz CT molecular complexity index is 664. The topological polar surface area (TPSA) is 47.6 Å². The quantitative estimate of drug-likeness (QED) is 0.735. The highest BCUT2D eigenvalue weighted by molar-refractivity contribution is 6.30. The largest absolute Gasteiger partial charge is 0.492 e. The van der Waals surface area contributed by atoms with Crippen LogP contribution in [0.1, 0.15) is 13.3 Å². The summed E-state index contributed by atoms with van der Waals surface area (Å²) in [7, 11) is 0. The highest BCUT2D eigenvalue weighted by Crippen LogP contribution is 2.19. The van der Waals surface area contributed by atoms with Gasteiger partial charge in [0.05, 0.1) is 6.54 Å². The number of rotatable bonds is 8. The van der Waals surface area contributed by atoms with Gasteiger partial charge >= 0.3 is 0 Å². The van der Waals surface area contributed by atoms with E-state index in [1.165, 1.54) is 24.3 Å². The van der Waals surface area contributed by atoms with E-state index < -0.39 is 6.10 Å². The van der Waals surface area contributed by atoms with Crippen LogP contribution in [0.2, 0.25) is 5.02 Å². The fourth-order valence-electron chi connectivity index (χ4n) is 2.01. The summed E-state index contributed by atoms with van der Waals surface area (Å²) in [5.41, 5.74) is 0. The fraction of sp³-hybridized carbons (Fsp3) is 0.278. The van der Waals surface area contributed by atoms with Crippen LogP contribution in [0, 0.1) is 5.82 Å². The van der Waals surface area contributed by atoms with E-state index in [2.05, 4.69) is 5.32 Å². The van der Waals surface area contributed by atoms with Crippen molar-refractivity contribution >= 4 is 17.5 Å². The Morgan fingerprint density at radius 2 is 1.96 bits per heavy atom. The van der Waals surface area contributed by atoms with E-state index in [1.807, 2.05) is 6.92 Å². The number of hydrogen-bond acceptors (Lipinski definition) is 3. The Morgan fingerprint density at radius 3 is 2.62 bits per heavy atom. The van der Waals surface area contributed by atoms with Crippen molar-refractivity contribution < 1.29 is 18.7 Å². The third-order valence-electron chi connectivity index (χ3n) is 3.22. The molecule has 2 aromatic rings. The standard InChI is InChI=1S/C18H19ClFNO3/c1-2-17(24-16-5-3-4-13(19)12-16)18(22)21-10-11-23-15-8-6-14(20)7-9-15/h3-9,12,17H,2,10-11H2,1H3,(H,21,22). The minimum atomic E-state index is -0.603. The van der Waals surface area contributed by atoms with Crippen LogP contribution >= 0.6 is 11.6 Å². The Labute approximate surface area is 145 Å². The monoisotopic (exact) mass is 351 g/mol. The molecule has 0 saturated carbocycles. The molecular formula is C18H19ClFNO3. The predicted octanol–water partition coefficient (Wildman–Crippen LogP) is 3.83. The molecule has 0 bridgehead atoms. The lowest BCUT2D eigenvalue weighted by Gasteiger charge is -2.17. The summed E-state index contributed by atoms with van der Waals surface area (Å²) in [6.07, 6.45) is -0.0775. The van der Waals surface area contributed by atoms with Gasteiger partial charge in [-0.1, -0.05) is 24.6 Å². The van der Waals surface area contributed by atoms with Crippen molar-refractivity contribution in [1.82, 2.24) is 5.32 Å². The first kappa shape index (κ1) is 18.1. The van der Waals surface area contributed by atoms with Gasteiger partial charge in [0.1, 0.15) is 23.9 Å². The number of ether oxygens (including phenoxy) is 2. The van der Waals surface area contributed by atoms with Crippen LogP contribution in [0.3, 0.4) is 0 Å². The van der Waals surface area contributed by atoms with E-state index in [0.717, 1.165) is 0 Å². The second-order valence-corrected chi connectivity index (χ2v) is 5.50. The Hall–Kier alpha value is -2.27. The zero-order valence-electron chi connectivity index (χ0n) is 13.3. The molecule has 1 atom stereocenters. The maximum absolute atomic E-state index is 12.8. The van der Waals surface area contributed by atoms with Gasteiger partial charge < -0.3 is 14.8 Å². The molecule has 1 amide bonds. The van der Waals surface area contributed by atoms with Crippen LogP contribution in [0.4, 0.5) is 4.39 Å². The smallest absolute Gasteiger partial charge is 0.261 e. The lowest BCUT2D eigenvalue weighted by atomic mass is 10.2. The Morgan fingerprint density at radius 1 is 1.21 bits per heavy atom. The number of amides is 1. The summed E-state index contributed by atoms with van der Waals surface area (Å²) < 4.78 is 23.9. The third kappa shape index (κ3) is 5.74. The average Bonchev–Trinajstić information content (AvgIpc) is 2.58. The summed E-state index contributed by atoms with van der Waals surface area (Å²) in [5, 5.41) is 3.31. The zero-order chi connectivity index (χ0) is 17.4. The second kappa shape index (κ2) is 9.13. The predicted molar refractivity (Wildman–Crippen MR) is 91.1 cm³/mol. The van der Waals surface area contributed by atoms with Gasteiger partial charge in [0.25, 0.3) is 5.91 Å². The first-order valence-electron chi connectivity index (χ1n) is 7.67. The second-order valence-electron chi connectivity index (χ2n) is 5.07. The van der Waals surface area contributed by atoms with E-state index in [1.54, 1.807) is 24.3 Å². The van der Waals surface area contributed by atoms with Gasteiger partial charge in [0.2, 0.25) is 0 Å². The fourth-order valence-corrected chi connectivity index (χ4v) is 2.19. The van der Waals surface area contributed by atoms with Crippen LogP contribution in [0.5, 0.6) is 11.5 Å². The van der Waals surface area contributed by atoms with Gasteiger partial charge in [-0.15, -0.1) is 0 Å². The Kier molecular flexibility index (Phi) is 6.88. The van der Waals surface area contributed by atoms with Crippen LogP contribution < -0.4 is 14.8 Å².